The zero-order valence-electron chi connectivity index (χ0n) is 22.3. The molecule has 0 radical (unpaired) electrons. The molecule has 0 aliphatic carbocycles. The van der Waals surface area contributed by atoms with Crippen molar-refractivity contribution in [3.8, 4) is 0 Å². The number of benzene rings is 1. The van der Waals surface area contributed by atoms with Gasteiger partial charge in [-0.1, -0.05) is 22.4 Å². The van der Waals surface area contributed by atoms with Crippen LogP contribution in [-0.4, -0.2) is 70.0 Å². The van der Waals surface area contributed by atoms with Gasteiger partial charge in [0.05, 0.1) is 28.0 Å². The number of aromatic nitrogens is 1. The molecule has 1 unspecified atom stereocenters. The van der Waals surface area contributed by atoms with Gasteiger partial charge in [0.15, 0.2) is 0 Å². The lowest BCUT2D eigenvalue weighted by Crippen LogP contribution is -2.45. The number of halogens is 4. The summed E-state index contributed by atoms with van der Waals surface area (Å²) < 4.78 is 44.0. The van der Waals surface area contributed by atoms with Crippen molar-refractivity contribution in [3.05, 3.63) is 50.8 Å². The fraction of sp³-hybridized carbons (Fsp3) is 0.500. The number of carbonyl (C=O) groups excluding carboxylic acids is 2. The van der Waals surface area contributed by atoms with E-state index in [0.717, 1.165) is 32.0 Å². The standard InChI is InChI=1S/C28H34BrF3N4O3/c1-4-36(13-10-27(3,39)16-35-11-6-5-7-12-35)26(38)23-17(2)33-22(24(23)28(30,31)32)15-20-19-14-18(29)8-9-21(19)34-25(20)37/h8-9,14-15,33,39H,4-7,10-13,16H2,1-3H3,(H,34,37)/b20-15-. The molecule has 1 fully saturated rings. The summed E-state index contributed by atoms with van der Waals surface area (Å²) in [7, 11) is 0. The third-order valence-electron chi connectivity index (χ3n) is 7.37. The maximum atomic E-state index is 14.4. The summed E-state index contributed by atoms with van der Waals surface area (Å²) in [6, 6.07) is 5.04. The van der Waals surface area contributed by atoms with Crippen LogP contribution < -0.4 is 5.32 Å². The van der Waals surface area contributed by atoms with Gasteiger partial charge in [-0.3, -0.25) is 9.59 Å². The molecule has 1 saturated heterocycles. The van der Waals surface area contributed by atoms with Crippen LogP contribution in [0.4, 0.5) is 18.9 Å². The molecule has 7 nitrogen and oxygen atoms in total. The zero-order valence-corrected chi connectivity index (χ0v) is 23.9. The van der Waals surface area contributed by atoms with Crippen molar-refractivity contribution in [3.63, 3.8) is 0 Å². The predicted molar refractivity (Wildman–Crippen MR) is 148 cm³/mol. The number of carbonyl (C=O) groups is 2. The average Bonchev–Trinajstić information content (AvgIpc) is 3.35. The largest absolute Gasteiger partial charge is 0.419 e. The van der Waals surface area contributed by atoms with Gasteiger partial charge in [0.25, 0.3) is 11.8 Å². The molecule has 2 amide bonds. The number of amides is 2. The number of hydrogen-bond acceptors (Lipinski definition) is 4. The molecule has 2 aliphatic heterocycles. The van der Waals surface area contributed by atoms with Crippen LogP contribution in [0, 0.1) is 6.92 Å². The number of rotatable bonds is 8. The Balaban J connectivity index is 1.62. The Bertz CT molecular complexity index is 1280. The third kappa shape index (κ3) is 6.58. The molecule has 1 aromatic heterocycles. The van der Waals surface area contributed by atoms with Crippen molar-refractivity contribution in [2.24, 2.45) is 0 Å². The third-order valence-corrected chi connectivity index (χ3v) is 7.86. The lowest BCUT2D eigenvalue weighted by Gasteiger charge is -2.35. The number of aliphatic hydroxyl groups is 1. The summed E-state index contributed by atoms with van der Waals surface area (Å²) in [5.74, 6) is -1.29. The quantitative estimate of drug-likeness (QED) is 0.335. The van der Waals surface area contributed by atoms with Crippen LogP contribution in [0.1, 0.15) is 72.4 Å². The number of aromatic amines is 1. The second-order valence-corrected chi connectivity index (χ2v) is 11.5. The van der Waals surface area contributed by atoms with E-state index in [1.165, 1.54) is 18.2 Å². The topological polar surface area (TPSA) is 88.7 Å². The molecule has 3 heterocycles. The highest BCUT2D eigenvalue weighted by Gasteiger charge is 2.42. The second-order valence-electron chi connectivity index (χ2n) is 10.6. The van der Waals surface area contributed by atoms with Gasteiger partial charge >= 0.3 is 6.18 Å². The predicted octanol–water partition coefficient (Wildman–Crippen LogP) is 5.69. The number of aryl methyl sites for hydroxylation is 1. The molecule has 4 rings (SSSR count). The van der Waals surface area contributed by atoms with Crippen LogP contribution in [0.25, 0.3) is 11.6 Å². The molecule has 0 bridgehead atoms. The number of nitrogens with one attached hydrogen (secondary N) is 2. The van der Waals surface area contributed by atoms with Crippen LogP contribution in [0.15, 0.2) is 22.7 Å². The van der Waals surface area contributed by atoms with Crippen molar-refractivity contribution < 1.29 is 27.9 Å². The maximum absolute atomic E-state index is 14.4. The van der Waals surface area contributed by atoms with Gasteiger partial charge < -0.3 is 25.2 Å². The minimum absolute atomic E-state index is 0.0607. The van der Waals surface area contributed by atoms with Gasteiger partial charge in [-0.25, -0.2) is 0 Å². The first-order valence-corrected chi connectivity index (χ1v) is 14.0. The van der Waals surface area contributed by atoms with E-state index in [4.69, 9.17) is 0 Å². The molecule has 1 atom stereocenters. The molecule has 2 aromatic rings. The second kappa shape index (κ2) is 11.5. The van der Waals surface area contributed by atoms with Gasteiger partial charge in [-0.2, -0.15) is 13.2 Å². The van der Waals surface area contributed by atoms with E-state index in [2.05, 4.69) is 31.1 Å². The first-order chi connectivity index (χ1) is 18.3. The van der Waals surface area contributed by atoms with Crippen LogP contribution in [0.2, 0.25) is 0 Å². The van der Waals surface area contributed by atoms with Gasteiger partial charge in [0.2, 0.25) is 0 Å². The molecule has 11 heteroatoms. The highest BCUT2D eigenvalue weighted by Crippen LogP contribution is 2.41. The number of hydrogen-bond donors (Lipinski definition) is 3. The van der Waals surface area contributed by atoms with E-state index >= 15 is 0 Å². The summed E-state index contributed by atoms with van der Waals surface area (Å²) in [6.45, 7) is 7.38. The Labute approximate surface area is 234 Å². The number of β-amino-alcohol motifs (C(OH)–C–C–N with tert-alkyl or cyclic N) is 1. The lowest BCUT2D eigenvalue weighted by atomic mass is 9.99. The van der Waals surface area contributed by atoms with Crippen molar-refractivity contribution >= 4 is 45.1 Å². The zero-order chi connectivity index (χ0) is 28.5. The molecule has 0 saturated carbocycles. The van der Waals surface area contributed by atoms with Gasteiger partial charge in [-0.05, 0) is 77.4 Å². The number of nitrogens with zero attached hydrogens (tertiary/aromatic N) is 2. The number of fused-ring (bicyclic) bond motifs is 1. The normalized spacial score (nSPS) is 18.7. The Hall–Kier alpha value is -2.63. The fourth-order valence-corrected chi connectivity index (χ4v) is 5.74. The molecule has 0 spiro atoms. The monoisotopic (exact) mass is 610 g/mol. The maximum Gasteiger partial charge on any atom is 0.419 e. The minimum Gasteiger partial charge on any atom is -0.389 e. The average molecular weight is 612 g/mol. The van der Waals surface area contributed by atoms with E-state index in [-0.39, 0.29) is 36.5 Å². The van der Waals surface area contributed by atoms with Gasteiger partial charge in [0.1, 0.15) is 0 Å². The van der Waals surface area contributed by atoms with Crippen molar-refractivity contribution in [1.82, 2.24) is 14.8 Å². The SMILES string of the molecule is CCN(CCC(C)(O)CN1CCCCC1)C(=O)c1c(C)[nH]c(/C=C2\C(=O)Nc3ccc(Br)cc32)c1C(F)(F)F. The van der Waals surface area contributed by atoms with Crippen LogP contribution in [-0.2, 0) is 11.0 Å². The number of anilines is 1. The number of likely N-dealkylation sites (tertiary alicyclic amines) is 1. The highest BCUT2D eigenvalue weighted by molar-refractivity contribution is 9.10. The Kier molecular flexibility index (Phi) is 8.63. The molecule has 212 valence electrons. The molecule has 1 aromatic carbocycles. The molecule has 3 N–H and O–H groups in total. The first kappa shape index (κ1) is 29.4. The smallest absolute Gasteiger partial charge is 0.389 e. The lowest BCUT2D eigenvalue weighted by molar-refractivity contribution is -0.138. The van der Waals surface area contributed by atoms with Crippen LogP contribution in [0.5, 0.6) is 0 Å². The van der Waals surface area contributed by atoms with E-state index < -0.39 is 34.7 Å². The molecular weight excluding hydrogens is 577 g/mol. The molecule has 2 aliphatic rings. The summed E-state index contributed by atoms with van der Waals surface area (Å²) in [5, 5.41) is 13.6. The Morgan fingerprint density at radius 3 is 2.56 bits per heavy atom. The Morgan fingerprint density at radius 2 is 1.92 bits per heavy atom. The van der Waals surface area contributed by atoms with E-state index in [1.54, 1.807) is 32.0 Å². The number of piperidine rings is 1. The fourth-order valence-electron chi connectivity index (χ4n) is 5.38. The van der Waals surface area contributed by atoms with Gasteiger partial charge in [0, 0.05) is 41.1 Å². The molecule has 39 heavy (non-hydrogen) atoms. The highest BCUT2D eigenvalue weighted by atomic mass is 79.9. The van der Waals surface area contributed by atoms with Crippen LogP contribution in [0.3, 0.4) is 0 Å². The van der Waals surface area contributed by atoms with E-state index in [0.29, 0.717) is 22.3 Å². The summed E-state index contributed by atoms with van der Waals surface area (Å²) in [5.41, 5.74) is -1.92. The first-order valence-electron chi connectivity index (χ1n) is 13.2. The van der Waals surface area contributed by atoms with Crippen molar-refractivity contribution in [2.45, 2.75) is 58.2 Å². The van der Waals surface area contributed by atoms with Crippen molar-refractivity contribution in [1.29, 1.82) is 0 Å². The van der Waals surface area contributed by atoms with E-state index in [1.807, 2.05) is 0 Å². The summed E-state index contributed by atoms with van der Waals surface area (Å²) in [4.78, 5) is 32.4. The number of alkyl halides is 3. The van der Waals surface area contributed by atoms with E-state index in [9.17, 15) is 27.9 Å². The van der Waals surface area contributed by atoms with Crippen molar-refractivity contribution in [2.75, 3.05) is 38.0 Å². The van der Waals surface area contributed by atoms with Gasteiger partial charge in [-0.15, -0.1) is 0 Å². The Morgan fingerprint density at radius 1 is 1.23 bits per heavy atom. The summed E-state index contributed by atoms with van der Waals surface area (Å²) >= 11 is 3.33. The number of H-pyrrole nitrogens is 1. The summed E-state index contributed by atoms with van der Waals surface area (Å²) in [6.07, 6.45) is -0.147. The van der Waals surface area contributed by atoms with Crippen LogP contribution >= 0.6 is 15.9 Å². The molecular formula is C28H34BrF3N4O3. The minimum atomic E-state index is -4.85.